The summed E-state index contributed by atoms with van der Waals surface area (Å²) in [5.41, 5.74) is 5.66. The van der Waals surface area contributed by atoms with Crippen molar-refractivity contribution in [1.29, 1.82) is 0 Å². The van der Waals surface area contributed by atoms with Crippen LogP contribution in [0.2, 0.25) is 0 Å². The second-order valence-corrected chi connectivity index (χ2v) is 4.15. The fourth-order valence-electron chi connectivity index (χ4n) is 1.38. The van der Waals surface area contributed by atoms with Crippen molar-refractivity contribution in [3.05, 3.63) is 0 Å². The molecule has 2 N–H and O–H groups in total. The summed E-state index contributed by atoms with van der Waals surface area (Å²) in [7, 11) is 0. The predicted octanol–water partition coefficient (Wildman–Crippen LogP) is 1.85. The van der Waals surface area contributed by atoms with Crippen LogP contribution in [0.5, 0.6) is 0 Å². The maximum absolute atomic E-state index is 11.3. The molecular weight excluding hydrogens is 178 g/mol. The van der Waals surface area contributed by atoms with E-state index in [2.05, 4.69) is 6.92 Å². The van der Waals surface area contributed by atoms with Gasteiger partial charge in [-0.25, -0.2) is 0 Å². The normalized spacial score (nSPS) is 17.9. The molecule has 0 unspecified atom stereocenters. The minimum atomic E-state index is -0.408. The SMILES string of the molecule is CCCC[C@H](N)C(=O)OCCC1CC1. The van der Waals surface area contributed by atoms with Crippen LogP contribution in [0, 0.1) is 5.92 Å². The number of hydrogen-bond acceptors (Lipinski definition) is 3. The van der Waals surface area contributed by atoms with Crippen LogP contribution in [0.4, 0.5) is 0 Å². The molecule has 14 heavy (non-hydrogen) atoms. The number of carbonyl (C=O) groups excluding carboxylic acids is 1. The first-order valence-corrected chi connectivity index (χ1v) is 5.66. The molecule has 0 saturated heterocycles. The van der Waals surface area contributed by atoms with Crippen LogP contribution in [0.15, 0.2) is 0 Å². The second kappa shape index (κ2) is 6.02. The van der Waals surface area contributed by atoms with Crippen molar-refractivity contribution in [2.45, 2.75) is 51.5 Å². The van der Waals surface area contributed by atoms with Gasteiger partial charge >= 0.3 is 5.97 Å². The lowest BCUT2D eigenvalue weighted by Crippen LogP contribution is -2.32. The Bertz CT molecular complexity index is 178. The highest BCUT2D eigenvalue weighted by atomic mass is 16.5. The molecule has 0 aliphatic heterocycles. The van der Waals surface area contributed by atoms with Crippen molar-refractivity contribution >= 4 is 5.97 Å². The van der Waals surface area contributed by atoms with Gasteiger partial charge in [0.25, 0.3) is 0 Å². The lowest BCUT2D eigenvalue weighted by molar-refractivity contribution is -0.145. The zero-order valence-corrected chi connectivity index (χ0v) is 9.00. The van der Waals surface area contributed by atoms with E-state index in [0.717, 1.165) is 31.6 Å². The monoisotopic (exact) mass is 199 g/mol. The van der Waals surface area contributed by atoms with E-state index in [1.165, 1.54) is 12.8 Å². The summed E-state index contributed by atoms with van der Waals surface area (Å²) in [6.45, 7) is 2.65. The quantitative estimate of drug-likeness (QED) is 0.637. The third-order valence-electron chi connectivity index (χ3n) is 2.64. The van der Waals surface area contributed by atoms with Crippen molar-refractivity contribution in [2.75, 3.05) is 6.61 Å². The first-order valence-electron chi connectivity index (χ1n) is 5.66. The van der Waals surface area contributed by atoms with Crippen LogP contribution < -0.4 is 5.73 Å². The molecule has 3 nitrogen and oxygen atoms in total. The van der Waals surface area contributed by atoms with Crippen molar-refractivity contribution in [1.82, 2.24) is 0 Å². The molecule has 0 heterocycles. The molecule has 0 aromatic heterocycles. The molecule has 1 aliphatic rings. The van der Waals surface area contributed by atoms with Gasteiger partial charge in [0.1, 0.15) is 6.04 Å². The van der Waals surface area contributed by atoms with Crippen LogP contribution in [-0.4, -0.2) is 18.6 Å². The molecular formula is C11H21NO2. The van der Waals surface area contributed by atoms with Gasteiger partial charge in [-0.1, -0.05) is 32.6 Å². The molecule has 1 fully saturated rings. The molecule has 1 rings (SSSR count). The summed E-state index contributed by atoms with van der Waals surface area (Å²) in [5, 5.41) is 0. The average Bonchev–Trinajstić information content (AvgIpc) is 2.97. The molecule has 1 aliphatic carbocycles. The van der Waals surface area contributed by atoms with Crippen LogP contribution in [0.25, 0.3) is 0 Å². The van der Waals surface area contributed by atoms with Crippen LogP contribution >= 0.6 is 0 Å². The molecule has 0 bridgehead atoms. The fraction of sp³-hybridized carbons (Fsp3) is 0.909. The van der Waals surface area contributed by atoms with Crippen molar-refractivity contribution in [2.24, 2.45) is 11.7 Å². The van der Waals surface area contributed by atoms with Gasteiger partial charge < -0.3 is 10.5 Å². The van der Waals surface area contributed by atoms with Gasteiger partial charge in [-0.05, 0) is 18.8 Å². The minimum Gasteiger partial charge on any atom is -0.465 e. The van der Waals surface area contributed by atoms with E-state index in [0.29, 0.717) is 6.61 Å². The lowest BCUT2D eigenvalue weighted by Gasteiger charge is -2.10. The lowest BCUT2D eigenvalue weighted by atomic mass is 10.1. The first kappa shape index (κ1) is 11.5. The van der Waals surface area contributed by atoms with E-state index in [4.69, 9.17) is 10.5 Å². The molecule has 1 atom stereocenters. The summed E-state index contributed by atoms with van der Waals surface area (Å²) in [5.74, 6) is 0.591. The molecule has 82 valence electrons. The van der Waals surface area contributed by atoms with E-state index in [1.807, 2.05) is 0 Å². The Morgan fingerprint density at radius 2 is 2.29 bits per heavy atom. The highest BCUT2D eigenvalue weighted by Gasteiger charge is 2.22. The van der Waals surface area contributed by atoms with E-state index in [-0.39, 0.29) is 5.97 Å². The van der Waals surface area contributed by atoms with Gasteiger partial charge in [0.2, 0.25) is 0 Å². The van der Waals surface area contributed by atoms with E-state index < -0.39 is 6.04 Å². The Morgan fingerprint density at radius 1 is 1.57 bits per heavy atom. The number of esters is 1. The van der Waals surface area contributed by atoms with Gasteiger partial charge in [-0.3, -0.25) is 4.79 Å². The van der Waals surface area contributed by atoms with Crippen LogP contribution in [0.1, 0.15) is 45.4 Å². The van der Waals surface area contributed by atoms with E-state index in [1.54, 1.807) is 0 Å². The zero-order chi connectivity index (χ0) is 10.4. The predicted molar refractivity (Wildman–Crippen MR) is 55.8 cm³/mol. The number of ether oxygens (including phenoxy) is 1. The maximum atomic E-state index is 11.3. The number of nitrogens with two attached hydrogens (primary N) is 1. The standard InChI is InChI=1S/C11H21NO2/c1-2-3-4-10(12)11(13)14-8-7-9-5-6-9/h9-10H,2-8,12H2,1H3/t10-/m0/s1. The molecule has 1 saturated carbocycles. The smallest absolute Gasteiger partial charge is 0.322 e. The third-order valence-corrected chi connectivity index (χ3v) is 2.64. The number of rotatable bonds is 7. The number of carbonyl (C=O) groups is 1. The summed E-state index contributed by atoms with van der Waals surface area (Å²) in [6.07, 6.45) is 6.45. The van der Waals surface area contributed by atoms with E-state index in [9.17, 15) is 4.79 Å². The first-order chi connectivity index (χ1) is 6.74. The average molecular weight is 199 g/mol. The van der Waals surface area contributed by atoms with Crippen LogP contribution in [0.3, 0.4) is 0 Å². The highest BCUT2D eigenvalue weighted by molar-refractivity contribution is 5.75. The maximum Gasteiger partial charge on any atom is 0.322 e. The van der Waals surface area contributed by atoms with Gasteiger partial charge in [-0.2, -0.15) is 0 Å². The van der Waals surface area contributed by atoms with Crippen molar-refractivity contribution < 1.29 is 9.53 Å². The molecule has 0 aromatic rings. The third kappa shape index (κ3) is 4.61. The van der Waals surface area contributed by atoms with Gasteiger partial charge in [0.15, 0.2) is 0 Å². The number of unbranched alkanes of at least 4 members (excludes halogenated alkanes) is 1. The summed E-state index contributed by atoms with van der Waals surface area (Å²) in [4.78, 5) is 11.3. The van der Waals surface area contributed by atoms with Gasteiger partial charge in [-0.15, -0.1) is 0 Å². The largest absolute Gasteiger partial charge is 0.465 e. The van der Waals surface area contributed by atoms with Gasteiger partial charge in [0, 0.05) is 0 Å². The Morgan fingerprint density at radius 3 is 2.86 bits per heavy atom. The molecule has 0 spiro atoms. The Kier molecular flexibility index (Phi) is 4.94. The Balaban J connectivity index is 2.00. The van der Waals surface area contributed by atoms with Crippen molar-refractivity contribution in [3.63, 3.8) is 0 Å². The second-order valence-electron chi connectivity index (χ2n) is 4.15. The summed E-state index contributed by atoms with van der Waals surface area (Å²) in [6, 6.07) is -0.408. The summed E-state index contributed by atoms with van der Waals surface area (Å²) < 4.78 is 5.09. The topological polar surface area (TPSA) is 52.3 Å². The fourth-order valence-corrected chi connectivity index (χ4v) is 1.38. The molecule has 0 amide bonds. The Labute approximate surface area is 86.0 Å². The Hall–Kier alpha value is -0.570. The molecule has 3 heteroatoms. The summed E-state index contributed by atoms with van der Waals surface area (Å²) >= 11 is 0. The van der Waals surface area contributed by atoms with Gasteiger partial charge in [0.05, 0.1) is 6.61 Å². The molecule has 0 aromatic carbocycles. The van der Waals surface area contributed by atoms with E-state index >= 15 is 0 Å². The highest BCUT2D eigenvalue weighted by Crippen LogP contribution is 2.32. The molecule has 0 radical (unpaired) electrons. The van der Waals surface area contributed by atoms with Crippen LogP contribution in [-0.2, 0) is 9.53 Å². The zero-order valence-electron chi connectivity index (χ0n) is 9.00. The van der Waals surface area contributed by atoms with Crippen molar-refractivity contribution in [3.8, 4) is 0 Å². The number of hydrogen-bond donors (Lipinski definition) is 1. The minimum absolute atomic E-state index is 0.223.